The second kappa shape index (κ2) is 5.91. The van der Waals surface area contributed by atoms with E-state index in [0.717, 1.165) is 0 Å². The van der Waals surface area contributed by atoms with Crippen molar-refractivity contribution in [2.75, 3.05) is 7.11 Å². The van der Waals surface area contributed by atoms with Crippen LogP contribution in [0.15, 0.2) is 23.1 Å². The Morgan fingerprint density at radius 2 is 1.76 bits per heavy atom. The first kappa shape index (κ1) is 17.9. The number of benzene rings is 1. The molecule has 1 aromatic carbocycles. The molecule has 0 aliphatic carbocycles. The van der Waals surface area contributed by atoms with Crippen molar-refractivity contribution < 1.29 is 21.6 Å². The van der Waals surface area contributed by atoms with Crippen molar-refractivity contribution in [2.45, 2.75) is 37.0 Å². The second-order valence-electron chi connectivity index (χ2n) is 5.47. The van der Waals surface area contributed by atoms with E-state index in [1.165, 1.54) is 19.2 Å². The van der Waals surface area contributed by atoms with Gasteiger partial charge in [-0.05, 0) is 38.5 Å². The zero-order valence-electron chi connectivity index (χ0n) is 12.4. The molecule has 0 bridgehead atoms. The molecule has 7 nitrogen and oxygen atoms in total. The second-order valence-corrected chi connectivity index (χ2v) is 9.52. The van der Waals surface area contributed by atoms with Crippen molar-refractivity contribution in [1.29, 1.82) is 0 Å². The topological polar surface area (TPSA) is 116 Å². The van der Waals surface area contributed by atoms with Gasteiger partial charge in [0.25, 0.3) is 0 Å². The van der Waals surface area contributed by atoms with Gasteiger partial charge < -0.3 is 4.74 Å². The number of nitrogens with one attached hydrogen (secondary N) is 1. The van der Waals surface area contributed by atoms with Crippen LogP contribution in [-0.4, -0.2) is 28.7 Å². The highest BCUT2D eigenvalue weighted by Crippen LogP contribution is 2.24. The first-order valence-corrected chi connectivity index (χ1v) is 9.10. The monoisotopic (exact) mass is 336 g/mol. The van der Waals surface area contributed by atoms with Crippen LogP contribution in [0.4, 0.5) is 0 Å². The van der Waals surface area contributed by atoms with Crippen molar-refractivity contribution in [3.8, 4) is 5.75 Å². The van der Waals surface area contributed by atoms with Gasteiger partial charge in [-0.1, -0.05) is 6.07 Å². The van der Waals surface area contributed by atoms with E-state index < -0.39 is 24.8 Å². The van der Waals surface area contributed by atoms with Crippen LogP contribution in [0.3, 0.4) is 0 Å². The molecule has 0 unspecified atom stereocenters. The highest BCUT2D eigenvalue weighted by molar-refractivity contribution is 7.90. The Morgan fingerprint density at radius 3 is 2.19 bits per heavy atom. The van der Waals surface area contributed by atoms with Gasteiger partial charge in [-0.15, -0.1) is 0 Å². The van der Waals surface area contributed by atoms with Gasteiger partial charge in [0.1, 0.15) is 10.6 Å². The molecule has 0 radical (unpaired) electrons. The fourth-order valence-electron chi connectivity index (χ4n) is 1.45. The minimum atomic E-state index is -3.95. The van der Waals surface area contributed by atoms with Crippen LogP contribution < -0.4 is 14.6 Å². The molecule has 0 aliphatic rings. The Hall–Kier alpha value is -1.16. The van der Waals surface area contributed by atoms with E-state index >= 15 is 0 Å². The summed E-state index contributed by atoms with van der Waals surface area (Å²) >= 11 is 0. The van der Waals surface area contributed by atoms with E-state index in [2.05, 4.69) is 4.72 Å². The normalized spacial score (nSPS) is 13.2. The maximum Gasteiger partial charge on any atom is 0.241 e. The summed E-state index contributed by atoms with van der Waals surface area (Å²) in [7, 11) is -6.15. The van der Waals surface area contributed by atoms with Crippen molar-refractivity contribution >= 4 is 20.0 Å². The molecule has 0 aliphatic heterocycles. The summed E-state index contributed by atoms with van der Waals surface area (Å²) in [4.78, 5) is -0.183. The number of primary sulfonamides is 1. The molecule has 21 heavy (non-hydrogen) atoms. The Morgan fingerprint density at radius 1 is 1.19 bits per heavy atom. The van der Waals surface area contributed by atoms with E-state index in [9.17, 15) is 16.8 Å². The van der Waals surface area contributed by atoms with Crippen LogP contribution in [0.5, 0.6) is 5.75 Å². The van der Waals surface area contributed by atoms with Crippen LogP contribution >= 0.6 is 0 Å². The number of sulfonamides is 2. The molecule has 0 fully saturated rings. The smallest absolute Gasteiger partial charge is 0.241 e. The maximum absolute atomic E-state index is 12.0. The molecular formula is C12H20N2O5S2. The summed E-state index contributed by atoms with van der Waals surface area (Å²) in [5.41, 5.74) is 0.465. The van der Waals surface area contributed by atoms with Gasteiger partial charge in [-0.25, -0.2) is 26.7 Å². The highest BCUT2D eigenvalue weighted by atomic mass is 32.2. The van der Waals surface area contributed by atoms with Gasteiger partial charge >= 0.3 is 0 Å². The highest BCUT2D eigenvalue weighted by Gasteiger charge is 2.28. The third-order valence-corrected chi connectivity index (χ3v) is 5.88. The van der Waals surface area contributed by atoms with E-state index in [0.29, 0.717) is 5.56 Å². The molecule has 1 aromatic rings. The van der Waals surface area contributed by atoms with Gasteiger partial charge in [0, 0.05) is 6.54 Å². The largest absolute Gasteiger partial charge is 0.495 e. The quantitative estimate of drug-likeness (QED) is 0.815. The molecule has 120 valence electrons. The summed E-state index contributed by atoms with van der Waals surface area (Å²) in [6.07, 6.45) is 0. The van der Waals surface area contributed by atoms with Crippen molar-refractivity contribution in [3.63, 3.8) is 0 Å². The lowest BCUT2D eigenvalue weighted by atomic mass is 10.2. The molecule has 0 aromatic heterocycles. The maximum atomic E-state index is 12.0. The van der Waals surface area contributed by atoms with E-state index in [-0.39, 0.29) is 17.2 Å². The van der Waals surface area contributed by atoms with E-state index in [4.69, 9.17) is 9.88 Å². The predicted molar refractivity (Wildman–Crippen MR) is 79.9 cm³/mol. The number of hydrogen-bond acceptors (Lipinski definition) is 5. The number of hydrogen-bond donors (Lipinski definition) is 2. The van der Waals surface area contributed by atoms with Crippen molar-refractivity contribution in [2.24, 2.45) is 5.14 Å². The summed E-state index contributed by atoms with van der Waals surface area (Å²) < 4.78 is 53.3. The van der Waals surface area contributed by atoms with Crippen LogP contribution in [0.2, 0.25) is 0 Å². The molecule has 1 rings (SSSR count). The van der Waals surface area contributed by atoms with Gasteiger partial charge in [0.2, 0.25) is 20.0 Å². The fourth-order valence-corrected chi connectivity index (χ4v) is 2.99. The lowest BCUT2D eigenvalue weighted by molar-refractivity contribution is 0.402. The zero-order valence-corrected chi connectivity index (χ0v) is 14.0. The van der Waals surface area contributed by atoms with Crippen LogP contribution in [-0.2, 0) is 26.6 Å². The SMILES string of the molecule is COc1ccc(CNS(=O)(=O)C(C)(C)C)cc1S(N)(=O)=O. The molecule has 0 heterocycles. The summed E-state index contributed by atoms with van der Waals surface area (Å²) in [6, 6.07) is 4.29. The lowest BCUT2D eigenvalue weighted by Gasteiger charge is -2.20. The molecule has 0 atom stereocenters. The van der Waals surface area contributed by atoms with Crippen LogP contribution in [0.25, 0.3) is 0 Å². The van der Waals surface area contributed by atoms with Gasteiger partial charge in [0.15, 0.2) is 0 Å². The first-order valence-electron chi connectivity index (χ1n) is 6.07. The average molecular weight is 336 g/mol. The fraction of sp³-hybridized carbons (Fsp3) is 0.500. The molecular weight excluding hydrogens is 316 g/mol. The minimum Gasteiger partial charge on any atom is -0.495 e. The standard InChI is InChI=1S/C12H20N2O5S2/c1-12(2,3)21(17,18)14-8-9-5-6-10(19-4)11(7-9)20(13,15)16/h5-7,14H,8H2,1-4H3,(H2,13,15,16). The molecule has 0 amide bonds. The number of methoxy groups -OCH3 is 1. The Labute approximate surface area is 125 Å². The van der Waals surface area contributed by atoms with Gasteiger partial charge in [-0.3, -0.25) is 0 Å². The van der Waals surface area contributed by atoms with Crippen molar-refractivity contribution in [1.82, 2.24) is 4.72 Å². The first-order chi connectivity index (χ1) is 9.38. The third-order valence-electron chi connectivity index (χ3n) is 2.81. The van der Waals surface area contributed by atoms with E-state index in [1.807, 2.05) is 0 Å². The number of ether oxygens (including phenoxy) is 1. The predicted octanol–water partition coefficient (Wildman–Crippen LogP) is 0.561. The third kappa shape index (κ3) is 4.40. The van der Waals surface area contributed by atoms with Crippen LogP contribution in [0, 0.1) is 0 Å². The van der Waals surface area contributed by atoms with Gasteiger partial charge in [-0.2, -0.15) is 0 Å². The average Bonchev–Trinajstić information content (AvgIpc) is 2.33. The molecule has 0 saturated carbocycles. The summed E-state index contributed by atoms with van der Waals surface area (Å²) in [5.74, 6) is 0.111. The van der Waals surface area contributed by atoms with E-state index in [1.54, 1.807) is 26.8 Å². The number of rotatable bonds is 5. The number of nitrogens with two attached hydrogens (primary N) is 1. The molecule has 0 saturated heterocycles. The Kier molecular flexibility index (Phi) is 5.04. The Bertz CT molecular complexity index is 719. The molecule has 0 spiro atoms. The van der Waals surface area contributed by atoms with Crippen molar-refractivity contribution in [3.05, 3.63) is 23.8 Å². The zero-order chi connectivity index (χ0) is 16.5. The van der Waals surface area contributed by atoms with Gasteiger partial charge in [0.05, 0.1) is 11.9 Å². The minimum absolute atomic E-state index is 0.0356. The summed E-state index contributed by atoms with van der Waals surface area (Å²) in [5, 5.41) is 5.11. The Balaban J connectivity index is 3.08. The van der Waals surface area contributed by atoms with Crippen LogP contribution in [0.1, 0.15) is 26.3 Å². The molecule has 9 heteroatoms. The summed E-state index contributed by atoms with van der Waals surface area (Å²) in [6.45, 7) is 4.67. The lowest BCUT2D eigenvalue weighted by Crippen LogP contribution is -2.38. The molecule has 3 N–H and O–H groups in total.